The lowest BCUT2D eigenvalue weighted by molar-refractivity contribution is -0.385. The molecule has 0 bridgehead atoms. The summed E-state index contributed by atoms with van der Waals surface area (Å²) in [7, 11) is 1.57. The summed E-state index contributed by atoms with van der Waals surface area (Å²) in [5.41, 5.74) is 4.39. The molecule has 102 valence electrons. The lowest BCUT2D eigenvalue weighted by Gasteiger charge is -2.06. The van der Waals surface area contributed by atoms with Crippen LogP contribution >= 0.6 is 0 Å². The maximum Gasteiger partial charge on any atom is 0.300 e. The van der Waals surface area contributed by atoms with Gasteiger partial charge in [-0.05, 0) is 0 Å². The minimum Gasteiger partial charge on any atom is -0.373 e. The van der Waals surface area contributed by atoms with E-state index in [-0.39, 0.29) is 18.5 Å². The third-order valence-corrected chi connectivity index (χ3v) is 2.24. The van der Waals surface area contributed by atoms with E-state index in [4.69, 9.17) is 5.73 Å². The Balaban J connectivity index is 2.92. The number of anilines is 1. The summed E-state index contributed by atoms with van der Waals surface area (Å²) in [4.78, 5) is 36.2. The van der Waals surface area contributed by atoms with Gasteiger partial charge in [0.25, 0.3) is 11.6 Å². The molecule has 0 spiro atoms. The van der Waals surface area contributed by atoms with Crippen molar-refractivity contribution in [1.82, 2.24) is 10.3 Å². The molecule has 0 aliphatic rings. The number of carbonyl (C=O) groups excluding carboxylic acids is 2. The van der Waals surface area contributed by atoms with Gasteiger partial charge in [0.2, 0.25) is 5.91 Å². The second-order valence-corrected chi connectivity index (χ2v) is 3.57. The largest absolute Gasteiger partial charge is 0.373 e. The van der Waals surface area contributed by atoms with Crippen LogP contribution in [0.25, 0.3) is 0 Å². The molecule has 2 amide bonds. The highest BCUT2D eigenvalue weighted by molar-refractivity contribution is 5.98. The molecule has 9 nitrogen and oxygen atoms in total. The van der Waals surface area contributed by atoms with Gasteiger partial charge in [0.05, 0.1) is 4.92 Å². The van der Waals surface area contributed by atoms with Gasteiger partial charge >= 0.3 is 0 Å². The lowest BCUT2D eigenvalue weighted by atomic mass is 10.2. The minimum absolute atomic E-state index is 0.0164. The van der Waals surface area contributed by atoms with E-state index in [2.05, 4.69) is 15.6 Å². The number of rotatable bonds is 6. The van der Waals surface area contributed by atoms with Crippen LogP contribution in [-0.4, -0.2) is 35.3 Å². The Labute approximate surface area is 108 Å². The van der Waals surface area contributed by atoms with Gasteiger partial charge in [-0.2, -0.15) is 0 Å². The quantitative estimate of drug-likeness (QED) is 0.474. The number of carbonyl (C=O) groups is 2. The van der Waals surface area contributed by atoms with Crippen LogP contribution < -0.4 is 16.4 Å². The Bertz CT molecular complexity index is 517. The molecule has 0 aliphatic carbocycles. The highest BCUT2D eigenvalue weighted by Crippen LogP contribution is 2.19. The summed E-state index contributed by atoms with van der Waals surface area (Å²) in [5.74, 6) is -0.905. The third-order valence-electron chi connectivity index (χ3n) is 2.24. The Morgan fingerprint density at radius 2 is 2.21 bits per heavy atom. The number of aromatic nitrogens is 1. The molecule has 0 atom stereocenters. The summed E-state index contributed by atoms with van der Waals surface area (Å²) in [5, 5.41) is 15.9. The van der Waals surface area contributed by atoms with Crippen molar-refractivity contribution >= 4 is 23.3 Å². The Hall–Kier alpha value is -2.71. The monoisotopic (exact) mass is 267 g/mol. The van der Waals surface area contributed by atoms with Gasteiger partial charge in [0, 0.05) is 26.1 Å². The zero-order valence-electron chi connectivity index (χ0n) is 10.2. The molecule has 1 rings (SSSR count). The molecule has 9 heteroatoms. The number of primary amides is 1. The number of hydrogen-bond acceptors (Lipinski definition) is 6. The van der Waals surface area contributed by atoms with Crippen molar-refractivity contribution in [3.8, 4) is 0 Å². The minimum atomic E-state index is -0.699. The SMILES string of the molecule is CNc1cc(C(=O)NCCC(N)=O)c([N+](=O)[O-])cn1. The van der Waals surface area contributed by atoms with Crippen LogP contribution in [0.3, 0.4) is 0 Å². The van der Waals surface area contributed by atoms with E-state index in [0.29, 0.717) is 5.82 Å². The van der Waals surface area contributed by atoms with E-state index in [1.165, 1.54) is 6.07 Å². The van der Waals surface area contributed by atoms with Crippen molar-refractivity contribution in [2.24, 2.45) is 5.73 Å². The van der Waals surface area contributed by atoms with Crippen LogP contribution in [0.4, 0.5) is 11.5 Å². The molecule has 0 aliphatic heterocycles. The molecule has 1 aromatic heterocycles. The fraction of sp³-hybridized carbons (Fsp3) is 0.300. The van der Waals surface area contributed by atoms with E-state index >= 15 is 0 Å². The molecule has 4 N–H and O–H groups in total. The second kappa shape index (κ2) is 6.28. The first-order valence-corrected chi connectivity index (χ1v) is 5.34. The van der Waals surface area contributed by atoms with E-state index in [9.17, 15) is 19.7 Å². The number of nitrogens with zero attached hydrogens (tertiary/aromatic N) is 2. The molecule has 1 aromatic rings. The van der Waals surface area contributed by atoms with Crippen LogP contribution in [0.1, 0.15) is 16.8 Å². The van der Waals surface area contributed by atoms with Gasteiger partial charge in [0.1, 0.15) is 17.6 Å². The summed E-state index contributed by atoms with van der Waals surface area (Å²) < 4.78 is 0. The lowest BCUT2D eigenvalue weighted by Crippen LogP contribution is -2.28. The van der Waals surface area contributed by atoms with Crippen LogP contribution in [-0.2, 0) is 4.79 Å². The number of nitrogens with two attached hydrogens (primary N) is 1. The topological polar surface area (TPSA) is 140 Å². The van der Waals surface area contributed by atoms with Crippen molar-refractivity contribution in [3.63, 3.8) is 0 Å². The van der Waals surface area contributed by atoms with E-state index < -0.39 is 22.4 Å². The predicted octanol–water partition coefficient (Wildman–Crippen LogP) is -0.363. The summed E-state index contributed by atoms with van der Waals surface area (Å²) in [6, 6.07) is 1.26. The molecule has 0 saturated carbocycles. The molecule has 0 radical (unpaired) electrons. The predicted molar refractivity (Wildman–Crippen MR) is 66.6 cm³/mol. The summed E-state index contributed by atoms with van der Waals surface area (Å²) in [6.45, 7) is 0.0164. The van der Waals surface area contributed by atoms with Crippen molar-refractivity contribution in [1.29, 1.82) is 0 Å². The van der Waals surface area contributed by atoms with E-state index in [0.717, 1.165) is 6.20 Å². The maximum absolute atomic E-state index is 11.8. The van der Waals surface area contributed by atoms with Crippen molar-refractivity contribution in [3.05, 3.63) is 27.9 Å². The van der Waals surface area contributed by atoms with E-state index in [1.54, 1.807) is 7.05 Å². The van der Waals surface area contributed by atoms with Gasteiger partial charge < -0.3 is 16.4 Å². The molecular weight excluding hydrogens is 254 g/mol. The fourth-order valence-corrected chi connectivity index (χ4v) is 1.31. The van der Waals surface area contributed by atoms with Crippen LogP contribution in [0.15, 0.2) is 12.3 Å². The second-order valence-electron chi connectivity index (χ2n) is 3.57. The van der Waals surface area contributed by atoms with Gasteiger partial charge in [-0.25, -0.2) is 4.98 Å². The molecule has 0 saturated heterocycles. The third kappa shape index (κ3) is 3.91. The van der Waals surface area contributed by atoms with E-state index in [1.807, 2.05) is 0 Å². The highest BCUT2D eigenvalue weighted by Gasteiger charge is 2.21. The zero-order valence-corrected chi connectivity index (χ0v) is 10.2. The average molecular weight is 267 g/mol. The Morgan fingerprint density at radius 3 is 2.74 bits per heavy atom. The van der Waals surface area contributed by atoms with Crippen molar-refractivity contribution in [2.45, 2.75) is 6.42 Å². The van der Waals surface area contributed by atoms with Gasteiger partial charge in [-0.15, -0.1) is 0 Å². The number of nitro groups is 1. The van der Waals surface area contributed by atoms with Crippen LogP contribution in [0, 0.1) is 10.1 Å². The molecule has 0 aromatic carbocycles. The number of hydrogen-bond donors (Lipinski definition) is 3. The normalized spacial score (nSPS) is 9.74. The summed E-state index contributed by atoms with van der Waals surface area (Å²) >= 11 is 0. The molecule has 19 heavy (non-hydrogen) atoms. The smallest absolute Gasteiger partial charge is 0.300 e. The zero-order chi connectivity index (χ0) is 14.4. The number of pyridine rings is 1. The standard InChI is InChI=1S/C10H13N5O4/c1-12-9-4-6(7(5-14-9)15(18)19)10(17)13-3-2-8(11)16/h4-5H,2-3H2,1H3,(H2,11,16)(H,12,14)(H,13,17). The number of amides is 2. The Kier molecular flexibility index (Phi) is 4.75. The summed E-state index contributed by atoms with van der Waals surface area (Å²) in [6.07, 6.45) is 0.957. The average Bonchev–Trinajstić information content (AvgIpc) is 2.37. The molecule has 0 unspecified atom stereocenters. The molecular formula is C10H13N5O4. The first kappa shape index (κ1) is 14.4. The molecule has 0 fully saturated rings. The van der Waals surface area contributed by atoms with Gasteiger partial charge in [0.15, 0.2) is 0 Å². The van der Waals surface area contributed by atoms with Crippen molar-refractivity contribution < 1.29 is 14.5 Å². The highest BCUT2D eigenvalue weighted by atomic mass is 16.6. The van der Waals surface area contributed by atoms with Gasteiger partial charge in [-0.3, -0.25) is 19.7 Å². The first-order valence-electron chi connectivity index (χ1n) is 5.34. The maximum atomic E-state index is 11.8. The fourth-order valence-electron chi connectivity index (χ4n) is 1.31. The van der Waals surface area contributed by atoms with Crippen LogP contribution in [0.2, 0.25) is 0 Å². The van der Waals surface area contributed by atoms with Crippen molar-refractivity contribution in [2.75, 3.05) is 18.9 Å². The van der Waals surface area contributed by atoms with Gasteiger partial charge in [-0.1, -0.05) is 0 Å². The van der Waals surface area contributed by atoms with Crippen LogP contribution in [0.5, 0.6) is 0 Å². The Morgan fingerprint density at radius 1 is 1.53 bits per heavy atom. The number of nitrogens with one attached hydrogen (secondary N) is 2. The first-order chi connectivity index (χ1) is 8.95. The molecule has 1 heterocycles.